The number of rotatable bonds is 5. The van der Waals surface area contributed by atoms with E-state index < -0.39 is 0 Å². The van der Waals surface area contributed by atoms with Gasteiger partial charge in [-0.1, -0.05) is 26.3 Å². The highest BCUT2D eigenvalue weighted by atomic mass is 79.9. The average molecular weight is 300 g/mol. The predicted molar refractivity (Wildman–Crippen MR) is 72.9 cm³/mol. The highest BCUT2D eigenvalue weighted by molar-refractivity contribution is 9.10. The second kappa shape index (κ2) is 6.64. The van der Waals surface area contributed by atoms with E-state index in [1.54, 1.807) is 18.2 Å². The van der Waals surface area contributed by atoms with Crippen molar-refractivity contribution >= 4 is 27.6 Å². The third kappa shape index (κ3) is 4.04. The van der Waals surface area contributed by atoms with Gasteiger partial charge in [-0.25, -0.2) is 4.79 Å². The molecule has 0 aromatic heterocycles. The molecule has 3 nitrogen and oxygen atoms in total. The molecule has 0 heterocycles. The van der Waals surface area contributed by atoms with Crippen molar-refractivity contribution in [3.63, 3.8) is 0 Å². The Balaban J connectivity index is 2.61. The van der Waals surface area contributed by atoms with Crippen LogP contribution in [0.2, 0.25) is 0 Å². The molecule has 1 aromatic carbocycles. The van der Waals surface area contributed by atoms with E-state index in [1.165, 1.54) is 0 Å². The summed E-state index contributed by atoms with van der Waals surface area (Å²) in [7, 11) is 0. The van der Waals surface area contributed by atoms with Gasteiger partial charge in [-0.05, 0) is 40.4 Å². The van der Waals surface area contributed by atoms with Crippen molar-refractivity contribution in [1.82, 2.24) is 0 Å². The van der Waals surface area contributed by atoms with E-state index in [0.29, 0.717) is 28.2 Å². The topological polar surface area (TPSA) is 52.3 Å². The van der Waals surface area contributed by atoms with Gasteiger partial charge in [0.25, 0.3) is 0 Å². The molecule has 0 bridgehead atoms. The molecule has 2 N–H and O–H groups in total. The van der Waals surface area contributed by atoms with Crippen molar-refractivity contribution in [2.45, 2.75) is 26.7 Å². The Morgan fingerprint density at radius 1 is 1.53 bits per heavy atom. The maximum atomic E-state index is 11.8. The van der Waals surface area contributed by atoms with Crippen LogP contribution in [-0.4, -0.2) is 12.6 Å². The van der Waals surface area contributed by atoms with Gasteiger partial charge in [0.05, 0.1) is 17.9 Å². The lowest BCUT2D eigenvalue weighted by atomic mass is 10.1. The molecule has 0 radical (unpaired) electrons. The molecule has 17 heavy (non-hydrogen) atoms. The maximum absolute atomic E-state index is 11.8. The quantitative estimate of drug-likeness (QED) is 0.667. The van der Waals surface area contributed by atoms with Crippen molar-refractivity contribution in [2.75, 3.05) is 12.3 Å². The van der Waals surface area contributed by atoms with E-state index in [1.807, 2.05) is 0 Å². The van der Waals surface area contributed by atoms with E-state index in [-0.39, 0.29) is 5.97 Å². The van der Waals surface area contributed by atoms with E-state index in [4.69, 9.17) is 10.5 Å². The molecule has 0 aliphatic rings. The zero-order chi connectivity index (χ0) is 12.8. The monoisotopic (exact) mass is 299 g/mol. The van der Waals surface area contributed by atoms with Gasteiger partial charge in [-0.3, -0.25) is 0 Å². The minimum Gasteiger partial charge on any atom is -0.462 e. The third-order valence-electron chi connectivity index (χ3n) is 2.55. The number of halogens is 1. The van der Waals surface area contributed by atoms with Crippen LogP contribution in [0.5, 0.6) is 0 Å². The van der Waals surface area contributed by atoms with Crippen molar-refractivity contribution in [1.29, 1.82) is 0 Å². The lowest BCUT2D eigenvalue weighted by Crippen LogP contribution is -2.13. The zero-order valence-electron chi connectivity index (χ0n) is 10.2. The Bertz CT molecular complexity index is 393. The van der Waals surface area contributed by atoms with Gasteiger partial charge >= 0.3 is 5.97 Å². The van der Waals surface area contributed by atoms with Crippen LogP contribution in [0.3, 0.4) is 0 Å². The van der Waals surface area contributed by atoms with Crippen molar-refractivity contribution in [2.24, 2.45) is 5.92 Å². The Morgan fingerprint density at radius 3 is 2.88 bits per heavy atom. The summed E-state index contributed by atoms with van der Waals surface area (Å²) < 4.78 is 5.95. The second-order valence-corrected chi connectivity index (χ2v) is 5.05. The fraction of sp³-hybridized carbons (Fsp3) is 0.462. The van der Waals surface area contributed by atoms with E-state index >= 15 is 0 Å². The molecule has 1 atom stereocenters. The van der Waals surface area contributed by atoms with Crippen LogP contribution in [0.4, 0.5) is 5.69 Å². The number of esters is 1. The molecule has 0 aliphatic carbocycles. The summed E-state index contributed by atoms with van der Waals surface area (Å²) >= 11 is 3.29. The molecule has 1 aromatic rings. The predicted octanol–water partition coefficient (Wildman–Crippen LogP) is 3.62. The standard InChI is InChI=1S/C13H18BrNO2/c1-3-5-9(2)8-17-13(16)10-6-4-7-11(14)12(10)15/h4,6-7,9H,3,5,8,15H2,1-2H3. The largest absolute Gasteiger partial charge is 0.462 e. The Hall–Kier alpha value is -1.03. The van der Waals surface area contributed by atoms with Crippen LogP contribution in [0.25, 0.3) is 0 Å². The number of carbonyl (C=O) groups excluding carboxylic acids is 1. The number of carbonyl (C=O) groups is 1. The summed E-state index contributed by atoms with van der Waals surface area (Å²) in [6.45, 7) is 4.63. The highest BCUT2D eigenvalue weighted by Gasteiger charge is 2.14. The molecule has 0 aliphatic heterocycles. The second-order valence-electron chi connectivity index (χ2n) is 4.19. The van der Waals surface area contributed by atoms with E-state index in [0.717, 1.165) is 12.8 Å². The number of anilines is 1. The maximum Gasteiger partial charge on any atom is 0.340 e. The van der Waals surface area contributed by atoms with Crippen LogP contribution in [0, 0.1) is 5.92 Å². The normalized spacial score (nSPS) is 12.2. The van der Waals surface area contributed by atoms with E-state index in [9.17, 15) is 4.79 Å². The first kappa shape index (κ1) is 14.0. The molecule has 4 heteroatoms. The van der Waals surface area contributed by atoms with Crippen LogP contribution >= 0.6 is 15.9 Å². The van der Waals surface area contributed by atoms with Gasteiger partial charge in [-0.15, -0.1) is 0 Å². The Labute approximate surface area is 110 Å². The smallest absolute Gasteiger partial charge is 0.340 e. The fourth-order valence-corrected chi connectivity index (χ4v) is 1.95. The number of benzene rings is 1. The number of hydrogen-bond donors (Lipinski definition) is 1. The number of para-hydroxylation sites is 1. The molecule has 0 amide bonds. The molecular formula is C13H18BrNO2. The number of ether oxygens (including phenoxy) is 1. The van der Waals surface area contributed by atoms with Crippen molar-refractivity contribution < 1.29 is 9.53 Å². The van der Waals surface area contributed by atoms with Crippen LogP contribution < -0.4 is 5.73 Å². The summed E-state index contributed by atoms with van der Waals surface area (Å²) in [5, 5.41) is 0. The van der Waals surface area contributed by atoms with Crippen molar-refractivity contribution in [3.05, 3.63) is 28.2 Å². The van der Waals surface area contributed by atoms with Crippen LogP contribution in [0.1, 0.15) is 37.0 Å². The lowest BCUT2D eigenvalue weighted by Gasteiger charge is -2.12. The van der Waals surface area contributed by atoms with Gasteiger partial charge in [0.15, 0.2) is 0 Å². The molecule has 0 saturated carbocycles. The van der Waals surface area contributed by atoms with Crippen molar-refractivity contribution in [3.8, 4) is 0 Å². The number of nitrogen functional groups attached to an aromatic ring is 1. The third-order valence-corrected chi connectivity index (χ3v) is 3.24. The number of hydrogen-bond acceptors (Lipinski definition) is 3. The number of nitrogens with two attached hydrogens (primary N) is 1. The SMILES string of the molecule is CCCC(C)COC(=O)c1cccc(Br)c1N. The summed E-state index contributed by atoms with van der Waals surface area (Å²) in [5.74, 6) is 0.0316. The molecule has 0 fully saturated rings. The molecular weight excluding hydrogens is 282 g/mol. The lowest BCUT2D eigenvalue weighted by molar-refractivity contribution is 0.0445. The summed E-state index contributed by atoms with van der Waals surface area (Å²) in [5.41, 5.74) is 6.65. The molecule has 1 unspecified atom stereocenters. The van der Waals surface area contributed by atoms with Crippen LogP contribution in [0.15, 0.2) is 22.7 Å². The molecule has 0 saturated heterocycles. The Kier molecular flexibility index (Phi) is 5.48. The van der Waals surface area contributed by atoms with Crippen LogP contribution in [-0.2, 0) is 4.74 Å². The summed E-state index contributed by atoms with van der Waals surface area (Å²) in [6, 6.07) is 5.24. The summed E-state index contributed by atoms with van der Waals surface area (Å²) in [6.07, 6.45) is 2.15. The minimum atomic E-state index is -0.355. The summed E-state index contributed by atoms with van der Waals surface area (Å²) in [4.78, 5) is 11.8. The molecule has 0 spiro atoms. The van der Waals surface area contributed by atoms with Gasteiger partial charge in [-0.2, -0.15) is 0 Å². The molecule has 94 valence electrons. The van der Waals surface area contributed by atoms with Gasteiger partial charge in [0.1, 0.15) is 0 Å². The van der Waals surface area contributed by atoms with Gasteiger partial charge in [0.2, 0.25) is 0 Å². The first-order valence-corrected chi connectivity index (χ1v) is 6.56. The highest BCUT2D eigenvalue weighted by Crippen LogP contribution is 2.23. The average Bonchev–Trinajstić information content (AvgIpc) is 2.30. The van der Waals surface area contributed by atoms with E-state index in [2.05, 4.69) is 29.8 Å². The first-order chi connectivity index (χ1) is 8.06. The van der Waals surface area contributed by atoms with Gasteiger partial charge < -0.3 is 10.5 Å². The fourth-order valence-electron chi connectivity index (χ4n) is 1.59. The minimum absolute atomic E-state index is 0.355. The van der Waals surface area contributed by atoms with Gasteiger partial charge in [0, 0.05) is 4.47 Å². The Morgan fingerprint density at radius 2 is 2.24 bits per heavy atom. The zero-order valence-corrected chi connectivity index (χ0v) is 11.8. The first-order valence-electron chi connectivity index (χ1n) is 5.77. The molecule has 1 rings (SSSR count).